The minimum Gasteiger partial charge on any atom is -0.392 e. The van der Waals surface area contributed by atoms with Crippen molar-refractivity contribution in [2.45, 2.75) is 33.3 Å². The Morgan fingerprint density at radius 1 is 1.18 bits per heavy atom. The van der Waals surface area contributed by atoms with Crippen LogP contribution in [-0.2, 0) is 6.42 Å². The average molecular weight is 232 g/mol. The van der Waals surface area contributed by atoms with E-state index in [1.165, 1.54) is 5.56 Å². The van der Waals surface area contributed by atoms with Gasteiger partial charge in [0, 0.05) is 5.92 Å². The predicted molar refractivity (Wildman–Crippen MR) is 73.8 cm³/mol. The molecule has 1 aromatic carbocycles. The molecule has 0 heterocycles. The maximum atomic E-state index is 10.3. The molecule has 1 N–H and O–H groups in total. The van der Waals surface area contributed by atoms with Crippen LogP contribution in [-0.4, -0.2) is 11.2 Å². The Hall–Kier alpha value is -1.08. The van der Waals surface area contributed by atoms with Gasteiger partial charge in [-0.05, 0) is 23.8 Å². The summed E-state index contributed by atoms with van der Waals surface area (Å²) in [6.45, 7) is 10.3. The molecule has 0 radical (unpaired) electrons. The quantitative estimate of drug-likeness (QED) is 0.742. The lowest BCUT2D eigenvalue weighted by atomic mass is 9.82. The second-order valence-corrected chi connectivity index (χ2v) is 5.18. The van der Waals surface area contributed by atoms with Crippen molar-refractivity contribution in [1.82, 2.24) is 0 Å². The zero-order chi connectivity index (χ0) is 12.8. The van der Waals surface area contributed by atoms with E-state index in [1.54, 1.807) is 0 Å². The van der Waals surface area contributed by atoms with Gasteiger partial charge in [-0.2, -0.15) is 0 Å². The van der Waals surface area contributed by atoms with Crippen molar-refractivity contribution in [3.63, 3.8) is 0 Å². The second-order valence-electron chi connectivity index (χ2n) is 5.18. The van der Waals surface area contributed by atoms with Gasteiger partial charge in [0.15, 0.2) is 0 Å². The first-order valence-corrected chi connectivity index (χ1v) is 6.40. The number of hydrogen-bond donors (Lipinski definition) is 1. The summed E-state index contributed by atoms with van der Waals surface area (Å²) in [5.74, 6) is 0.916. The van der Waals surface area contributed by atoms with Crippen LogP contribution in [0.4, 0.5) is 0 Å². The highest BCUT2D eigenvalue weighted by Crippen LogP contribution is 2.24. The van der Waals surface area contributed by atoms with E-state index in [9.17, 15) is 5.11 Å². The molecule has 0 fully saturated rings. The van der Waals surface area contributed by atoms with Gasteiger partial charge in [-0.25, -0.2) is 0 Å². The highest BCUT2D eigenvalue weighted by Gasteiger charge is 2.24. The van der Waals surface area contributed by atoms with Crippen molar-refractivity contribution in [2.75, 3.05) is 0 Å². The Labute approximate surface area is 105 Å². The minimum atomic E-state index is -0.312. The van der Waals surface area contributed by atoms with Gasteiger partial charge in [0.1, 0.15) is 0 Å². The number of aliphatic hydroxyl groups excluding tert-OH is 1. The average Bonchev–Trinajstić information content (AvgIpc) is 2.35. The summed E-state index contributed by atoms with van der Waals surface area (Å²) in [6.07, 6.45) is 2.44. The van der Waals surface area contributed by atoms with E-state index >= 15 is 0 Å². The Morgan fingerprint density at radius 2 is 1.76 bits per heavy atom. The number of rotatable bonds is 6. The molecule has 1 aromatic rings. The fraction of sp³-hybridized carbons (Fsp3) is 0.500. The summed E-state index contributed by atoms with van der Waals surface area (Å²) in [5, 5.41) is 10.3. The highest BCUT2D eigenvalue weighted by molar-refractivity contribution is 5.16. The third kappa shape index (κ3) is 4.01. The Morgan fingerprint density at radius 3 is 2.24 bits per heavy atom. The summed E-state index contributed by atoms with van der Waals surface area (Å²) in [6, 6.07) is 10.3. The Balaban J connectivity index is 2.69. The SMILES string of the molecule is C=C[C@H](Cc1ccccc1)[C@H](O)C(C)C(C)C. The molecule has 0 aliphatic heterocycles. The summed E-state index contributed by atoms with van der Waals surface area (Å²) in [5.41, 5.74) is 1.26. The molecule has 0 saturated carbocycles. The van der Waals surface area contributed by atoms with E-state index in [4.69, 9.17) is 0 Å². The third-order valence-electron chi connectivity index (χ3n) is 3.65. The Kier molecular flexibility index (Phi) is 5.43. The van der Waals surface area contributed by atoms with Crippen LogP contribution in [0.25, 0.3) is 0 Å². The minimum absolute atomic E-state index is 0.134. The van der Waals surface area contributed by atoms with Crippen molar-refractivity contribution in [1.29, 1.82) is 0 Å². The lowest BCUT2D eigenvalue weighted by molar-refractivity contribution is 0.0555. The van der Waals surface area contributed by atoms with Crippen LogP contribution in [0.3, 0.4) is 0 Å². The first-order valence-electron chi connectivity index (χ1n) is 6.40. The van der Waals surface area contributed by atoms with E-state index < -0.39 is 0 Å². The fourth-order valence-electron chi connectivity index (χ4n) is 2.01. The van der Waals surface area contributed by atoms with Gasteiger partial charge in [-0.3, -0.25) is 0 Å². The van der Waals surface area contributed by atoms with Gasteiger partial charge in [-0.15, -0.1) is 6.58 Å². The summed E-state index contributed by atoms with van der Waals surface area (Å²) in [7, 11) is 0. The van der Waals surface area contributed by atoms with Crippen LogP contribution in [0, 0.1) is 17.8 Å². The predicted octanol–water partition coefficient (Wildman–Crippen LogP) is 3.68. The molecule has 0 spiro atoms. The fourth-order valence-corrected chi connectivity index (χ4v) is 2.01. The molecule has 94 valence electrons. The van der Waals surface area contributed by atoms with E-state index in [2.05, 4.69) is 39.5 Å². The molecular weight excluding hydrogens is 208 g/mol. The number of aliphatic hydroxyl groups is 1. The zero-order valence-corrected chi connectivity index (χ0v) is 11.1. The molecule has 0 saturated heterocycles. The van der Waals surface area contributed by atoms with Crippen molar-refractivity contribution >= 4 is 0 Å². The number of benzene rings is 1. The van der Waals surface area contributed by atoms with Crippen LogP contribution in [0.2, 0.25) is 0 Å². The second kappa shape index (κ2) is 6.61. The molecule has 0 bridgehead atoms. The summed E-state index contributed by atoms with van der Waals surface area (Å²) in [4.78, 5) is 0. The molecule has 3 atom stereocenters. The molecular formula is C16H24O. The number of hydrogen-bond acceptors (Lipinski definition) is 1. The molecule has 0 aliphatic carbocycles. The highest BCUT2D eigenvalue weighted by atomic mass is 16.3. The molecule has 1 unspecified atom stereocenters. The normalized spacial score (nSPS) is 16.5. The van der Waals surface area contributed by atoms with Crippen molar-refractivity contribution in [3.05, 3.63) is 48.6 Å². The van der Waals surface area contributed by atoms with Crippen LogP contribution >= 0.6 is 0 Å². The topological polar surface area (TPSA) is 20.2 Å². The van der Waals surface area contributed by atoms with E-state index in [-0.39, 0.29) is 12.0 Å². The molecule has 0 aromatic heterocycles. The summed E-state index contributed by atoms with van der Waals surface area (Å²) >= 11 is 0. The van der Waals surface area contributed by atoms with E-state index in [0.29, 0.717) is 11.8 Å². The summed E-state index contributed by atoms with van der Waals surface area (Å²) < 4.78 is 0. The van der Waals surface area contributed by atoms with E-state index in [0.717, 1.165) is 6.42 Å². The maximum Gasteiger partial charge on any atom is 0.0633 e. The smallest absolute Gasteiger partial charge is 0.0633 e. The molecule has 1 nitrogen and oxygen atoms in total. The van der Waals surface area contributed by atoms with E-state index in [1.807, 2.05) is 24.3 Å². The van der Waals surface area contributed by atoms with Crippen LogP contribution < -0.4 is 0 Å². The van der Waals surface area contributed by atoms with Gasteiger partial charge in [0.05, 0.1) is 6.10 Å². The zero-order valence-electron chi connectivity index (χ0n) is 11.1. The van der Waals surface area contributed by atoms with Gasteiger partial charge in [0.2, 0.25) is 0 Å². The molecule has 1 rings (SSSR count). The monoisotopic (exact) mass is 232 g/mol. The van der Waals surface area contributed by atoms with Gasteiger partial charge in [0.25, 0.3) is 0 Å². The lowest BCUT2D eigenvalue weighted by Crippen LogP contribution is -2.30. The van der Waals surface area contributed by atoms with Crippen molar-refractivity contribution in [3.8, 4) is 0 Å². The Bertz CT molecular complexity index is 329. The van der Waals surface area contributed by atoms with Crippen LogP contribution in [0.5, 0.6) is 0 Å². The van der Waals surface area contributed by atoms with Crippen LogP contribution in [0.1, 0.15) is 26.3 Å². The third-order valence-corrected chi connectivity index (χ3v) is 3.65. The molecule has 0 amide bonds. The molecule has 1 heteroatoms. The maximum absolute atomic E-state index is 10.3. The standard InChI is InChI=1S/C16H24O/c1-5-15(16(17)13(4)12(2)3)11-14-9-7-6-8-10-14/h5-10,12-13,15-17H,1,11H2,2-4H3/t13?,15-,16-/m1/s1. The first-order chi connectivity index (χ1) is 8.06. The molecule has 17 heavy (non-hydrogen) atoms. The first kappa shape index (κ1) is 14.0. The van der Waals surface area contributed by atoms with Crippen molar-refractivity contribution < 1.29 is 5.11 Å². The van der Waals surface area contributed by atoms with Gasteiger partial charge >= 0.3 is 0 Å². The molecule has 0 aliphatic rings. The van der Waals surface area contributed by atoms with Crippen molar-refractivity contribution in [2.24, 2.45) is 17.8 Å². The van der Waals surface area contributed by atoms with Gasteiger partial charge < -0.3 is 5.11 Å². The van der Waals surface area contributed by atoms with Gasteiger partial charge in [-0.1, -0.05) is 57.2 Å². The lowest BCUT2D eigenvalue weighted by Gasteiger charge is -2.28. The van der Waals surface area contributed by atoms with Crippen LogP contribution in [0.15, 0.2) is 43.0 Å². The largest absolute Gasteiger partial charge is 0.392 e.